The molecule has 0 fully saturated rings. The van der Waals surface area contributed by atoms with Crippen molar-refractivity contribution >= 4 is 35.0 Å². The van der Waals surface area contributed by atoms with Gasteiger partial charge in [0, 0.05) is 17.1 Å². The lowest BCUT2D eigenvalue weighted by Gasteiger charge is -2.09. The molecule has 156 valence electrons. The number of rotatable bonds is 7. The van der Waals surface area contributed by atoms with Crippen molar-refractivity contribution in [2.24, 2.45) is 0 Å². The number of carbonyl (C=O) groups is 2. The summed E-state index contributed by atoms with van der Waals surface area (Å²) in [6.07, 6.45) is 0.616. The first-order valence-electron chi connectivity index (χ1n) is 9.23. The van der Waals surface area contributed by atoms with Crippen molar-refractivity contribution in [3.05, 3.63) is 76.0 Å². The van der Waals surface area contributed by atoms with Crippen LogP contribution in [0.3, 0.4) is 0 Å². The van der Waals surface area contributed by atoms with Gasteiger partial charge in [-0.25, -0.2) is 4.68 Å². The van der Waals surface area contributed by atoms with E-state index in [1.807, 2.05) is 37.3 Å². The van der Waals surface area contributed by atoms with Gasteiger partial charge in [-0.3, -0.25) is 20.4 Å². The molecule has 30 heavy (non-hydrogen) atoms. The highest BCUT2D eigenvalue weighted by Crippen LogP contribution is 2.27. The summed E-state index contributed by atoms with van der Waals surface area (Å²) in [5.74, 6) is -0.335. The molecule has 1 heterocycles. The number of nitrogens with one attached hydrogen (secondary N) is 2. The van der Waals surface area contributed by atoms with Crippen molar-refractivity contribution in [2.75, 3.05) is 6.61 Å². The molecule has 0 unspecified atom stereocenters. The van der Waals surface area contributed by atoms with E-state index in [-0.39, 0.29) is 18.0 Å². The number of aromatic nitrogens is 2. The molecule has 2 amide bonds. The molecule has 0 saturated carbocycles. The molecule has 0 atom stereocenters. The number of para-hydroxylation sites is 1. The van der Waals surface area contributed by atoms with Crippen LogP contribution in [0.4, 0.5) is 0 Å². The van der Waals surface area contributed by atoms with Gasteiger partial charge in [0.2, 0.25) is 5.91 Å². The lowest BCUT2D eigenvalue weighted by atomic mass is 10.3. The Morgan fingerprint density at radius 3 is 2.57 bits per heavy atom. The molecule has 0 radical (unpaired) electrons. The smallest absolute Gasteiger partial charge is 0.290 e. The Kier molecular flexibility index (Phi) is 7.32. The Hall–Kier alpha value is -3.03. The van der Waals surface area contributed by atoms with Crippen LogP contribution >= 0.6 is 23.2 Å². The van der Waals surface area contributed by atoms with Gasteiger partial charge >= 0.3 is 0 Å². The number of benzene rings is 2. The minimum Gasteiger partial charge on any atom is -0.492 e. The van der Waals surface area contributed by atoms with Gasteiger partial charge in [0.1, 0.15) is 5.75 Å². The van der Waals surface area contributed by atoms with E-state index in [2.05, 4.69) is 16.0 Å². The molecule has 3 aromatic rings. The van der Waals surface area contributed by atoms with Crippen molar-refractivity contribution in [1.82, 2.24) is 20.6 Å². The fourth-order valence-corrected chi connectivity index (χ4v) is 3.14. The largest absolute Gasteiger partial charge is 0.492 e. The third-order valence-electron chi connectivity index (χ3n) is 4.14. The third-order valence-corrected chi connectivity index (χ3v) is 4.67. The second-order valence-corrected chi connectivity index (χ2v) is 7.29. The van der Waals surface area contributed by atoms with E-state index >= 15 is 0 Å². The van der Waals surface area contributed by atoms with Crippen molar-refractivity contribution < 1.29 is 14.3 Å². The molecule has 0 aliphatic heterocycles. The average molecular weight is 447 g/mol. The molecule has 2 aromatic carbocycles. The minimum atomic E-state index is -0.495. The maximum atomic E-state index is 12.3. The third kappa shape index (κ3) is 5.75. The zero-order valence-electron chi connectivity index (χ0n) is 16.2. The summed E-state index contributed by atoms with van der Waals surface area (Å²) in [7, 11) is 0. The second kappa shape index (κ2) is 10.1. The molecule has 3 rings (SSSR count). The molecule has 0 spiro atoms. The monoisotopic (exact) mass is 446 g/mol. The molecule has 1 aromatic heterocycles. The zero-order valence-corrected chi connectivity index (χ0v) is 17.7. The van der Waals surface area contributed by atoms with Crippen LogP contribution in [0.15, 0.2) is 54.6 Å². The average Bonchev–Trinajstić information content (AvgIpc) is 3.13. The van der Waals surface area contributed by atoms with E-state index in [1.54, 1.807) is 28.9 Å². The maximum absolute atomic E-state index is 12.3. The van der Waals surface area contributed by atoms with Gasteiger partial charge < -0.3 is 4.74 Å². The first-order chi connectivity index (χ1) is 14.4. The summed E-state index contributed by atoms with van der Waals surface area (Å²) in [4.78, 5) is 24.2. The first kappa shape index (κ1) is 21.7. The number of hydrogen-bond donors (Lipinski definition) is 2. The molecular weight excluding hydrogens is 427 g/mol. The fraction of sp³-hybridized carbons (Fsp3) is 0.190. The van der Waals surface area contributed by atoms with E-state index in [4.69, 9.17) is 27.9 Å². The summed E-state index contributed by atoms with van der Waals surface area (Å²) in [5.41, 5.74) is 6.61. The Bertz CT molecular complexity index is 1040. The highest BCUT2D eigenvalue weighted by molar-refractivity contribution is 6.35. The summed E-state index contributed by atoms with van der Waals surface area (Å²) in [5, 5.41) is 5.22. The van der Waals surface area contributed by atoms with Gasteiger partial charge in [-0.05, 0) is 49.7 Å². The van der Waals surface area contributed by atoms with Crippen LogP contribution in [0, 0.1) is 6.92 Å². The number of nitrogens with zero attached hydrogens (tertiary/aromatic N) is 2. The predicted octanol–water partition coefficient (Wildman–Crippen LogP) is 4.11. The van der Waals surface area contributed by atoms with Gasteiger partial charge in [-0.1, -0.05) is 41.4 Å². The van der Waals surface area contributed by atoms with Crippen LogP contribution in [0.25, 0.3) is 5.69 Å². The highest BCUT2D eigenvalue weighted by atomic mass is 35.5. The van der Waals surface area contributed by atoms with Crippen LogP contribution in [0.2, 0.25) is 10.0 Å². The summed E-state index contributed by atoms with van der Waals surface area (Å²) in [6.45, 7) is 2.14. The molecule has 0 bridgehead atoms. The minimum absolute atomic E-state index is 0.170. The number of hydrazine groups is 1. The number of hydrogen-bond acceptors (Lipinski definition) is 4. The first-order valence-corrected chi connectivity index (χ1v) is 9.99. The van der Waals surface area contributed by atoms with Gasteiger partial charge in [-0.2, -0.15) is 5.10 Å². The quantitative estimate of drug-likeness (QED) is 0.422. The Labute approximate surface area is 183 Å². The van der Waals surface area contributed by atoms with Crippen molar-refractivity contribution in [3.8, 4) is 11.4 Å². The van der Waals surface area contributed by atoms with Gasteiger partial charge in [0.25, 0.3) is 5.91 Å². The van der Waals surface area contributed by atoms with Crippen LogP contribution in [-0.4, -0.2) is 28.2 Å². The van der Waals surface area contributed by atoms with E-state index in [0.717, 1.165) is 11.4 Å². The van der Waals surface area contributed by atoms with E-state index in [0.29, 0.717) is 28.8 Å². The lowest BCUT2D eigenvalue weighted by molar-refractivity contribution is -0.122. The number of carbonyl (C=O) groups excluding carboxylic acids is 2. The summed E-state index contributed by atoms with van der Waals surface area (Å²) >= 11 is 11.9. The molecule has 0 saturated heterocycles. The van der Waals surface area contributed by atoms with Crippen molar-refractivity contribution in [2.45, 2.75) is 19.8 Å². The lowest BCUT2D eigenvalue weighted by Crippen LogP contribution is -2.41. The second-order valence-electron chi connectivity index (χ2n) is 6.45. The zero-order chi connectivity index (χ0) is 21.5. The van der Waals surface area contributed by atoms with E-state index < -0.39 is 5.91 Å². The standard InChI is InChI=1S/C21H20Cl2N4O3/c1-14-12-18(26-27(14)16-6-3-2-4-7-16)21(29)25-24-20(28)8-5-11-30-19-10-9-15(22)13-17(19)23/h2-4,6-7,9-10,12-13H,5,8,11H2,1H3,(H,24,28)(H,25,29). The van der Waals surface area contributed by atoms with E-state index in [1.165, 1.54) is 0 Å². The molecule has 0 aliphatic rings. The van der Waals surface area contributed by atoms with Crippen LogP contribution in [0.5, 0.6) is 5.75 Å². The fourth-order valence-electron chi connectivity index (χ4n) is 2.68. The molecule has 0 aliphatic carbocycles. The van der Waals surface area contributed by atoms with Gasteiger partial charge in [-0.15, -0.1) is 0 Å². The Morgan fingerprint density at radius 1 is 1.07 bits per heavy atom. The molecule has 9 heteroatoms. The van der Waals surface area contributed by atoms with Crippen LogP contribution < -0.4 is 15.6 Å². The normalized spacial score (nSPS) is 10.5. The summed E-state index contributed by atoms with van der Waals surface area (Å²) < 4.78 is 7.19. The number of ether oxygens (including phenoxy) is 1. The van der Waals surface area contributed by atoms with Crippen molar-refractivity contribution in [1.29, 1.82) is 0 Å². The Balaban J connectivity index is 1.43. The van der Waals surface area contributed by atoms with Crippen molar-refractivity contribution in [3.63, 3.8) is 0 Å². The van der Waals surface area contributed by atoms with Gasteiger partial charge in [0.05, 0.1) is 17.3 Å². The Morgan fingerprint density at radius 2 is 1.83 bits per heavy atom. The maximum Gasteiger partial charge on any atom is 0.290 e. The predicted molar refractivity (Wildman–Crippen MR) is 115 cm³/mol. The molecule has 7 nitrogen and oxygen atoms in total. The topological polar surface area (TPSA) is 85.2 Å². The van der Waals surface area contributed by atoms with Gasteiger partial charge in [0.15, 0.2) is 5.69 Å². The number of halogens is 2. The van der Waals surface area contributed by atoms with Crippen LogP contribution in [0.1, 0.15) is 29.0 Å². The van der Waals surface area contributed by atoms with E-state index in [9.17, 15) is 9.59 Å². The number of amides is 2. The molecule has 2 N–H and O–H groups in total. The SMILES string of the molecule is Cc1cc(C(=O)NNC(=O)CCCOc2ccc(Cl)cc2Cl)nn1-c1ccccc1. The van der Waals surface area contributed by atoms with Crippen LogP contribution in [-0.2, 0) is 4.79 Å². The molecular formula is C21H20Cl2N4O3. The summed E-state index contributed by atoms with van der Waals surface area (Å²) in [6, 6.07) is 16.0. The highest BCUT2D eigenvalue weighted by Gasteiger charge is 2.14. The number of aryl methyl sites for hydroxylation is 1.